The van der Waals surface area contributed by atoms with Crippen molar-refractivity contribution in [3.05, 3.63) is 58.3 Å². The molecule has 3 rings (SSSR count). The van der Waals surface area contributed by atoms with Gasteiger partial charge in [-0.1, -0.05) is 23.8 Å². The lowest BCUT2D eigenvalue weighted by Crippen LogP contribution is -2.41. The molecule has 0 radical (unpaired) electrons. The van der Waals surface area contributed by atoms with Crippen LogP contribution in [0.3, 0.4) is 0 Å². The highest BCUT2D eigenvalue weighted by Crippen LogP contribution is 2.24. The zero-order valence-electron chi connectivity index (χ0n) is 16.9. The summed E-state index contributed by atoms with van der Waals surface area (Å²) in [7, 11) is 1.57. The fourth-order valence-electron chi connectivity index (χ4n) is 3.05. The molecule has 2 heterocycles. The summed E-state index contributed by atoms with van der Waals surface area (Å²) in [5.74, 6) is 0.278. The Morgan fingerprint density at radius 3 is 2.59 bits per heavy atom. The number of urea groups is 1. The van der Waals surface area contributed by atoms with Crippen molar-refractivity contribution in [2.24, 2.45) is 0 Å². The van der Waals surface area contributed by atoms with E-state index < -0.39 is 0 Å². The average Bonchev–Trinajstić information content (AvgIpc) is 3.33. The molecule has 0 spiro atoms. The first-order valence-electron chi connectivity index (χ1n) is 9.18. The standard InChI is InChI=1S/C21H24N4O3S/c1-13-8-14(2)19(15(3)9-13)24-18(26)11-25(4)21(27)22-10-16-12-28-20(23-16)17-6-5-7-29-17/h5-9,12H,10-11H2,1-4H3,(H,22,27)(H,24,26). The maximum absolute atomic E-state index is 12.4. The molecule has 3 aromatic rings. The average molecular weight is 413 g/mol. The molecular weight excluding hydrogens is 388 g/mol. The third-order valence-corrected chi connectivity index (χ3v) is 5.23. The van der Waals surface area contributed by atoms with Gasteiger partial charge >= 0.3 is 6.03 Å². The number of aromatic nitrogens is 1. The Morgan fingerprint density at radius 1 is 1.21 bits per heavy atom. The van der Waals surface area contributed by atoms with Gasteiger partial charge in [-0.05, 0) is 43.3 Å². The Bertz CT molecular complexity index is 988. The number of rotatable bonds is 6. The van der Waals surface area contributed by atoms with Crippen LogP contribution in [0.5, 0.6) is 0 Å². The van der Waals surface area contributed by atoms with E-state index in [2.05, 4.69) is 15.6 Å². The Balaban J connectivity index is 1.51. The number of oxazole rings is 1. The highest BCUT2D eigenvalue weighted by atomic mass is 32.1. The van der Waals surface area contributed by atoms with E-state index in [-0.39, 0.29) is 25.0 Å². The highest BCUT2D eigenvalue weighted by molar-refractivity contribution is 7.13. The summed E-state index contributed by atoms with van der Waals surface area (Å²) in [4.78, 5) is 31.3. The van der Waals surface area contributed by atoms with Gasteiger partial charge in [0.05, 0.1) is 17.1 Å². The minimum atomic E-state index is -0.363. The topological polar surface area (TPSA) is 87.5 Å². The van der Waals surface area contributed by atoms with Crippen LogP contribution in [0.4, 0.5) is 10.5 Å². The Morgan fingerprint density at radius 2 is 1.93 bits per heavy atom. The molecule has 0 aliphatic rings. The SMILES string of the molecule is Cc1cc(C)c(NC(=O)CN(C)C(=O)NCc2coc(-c3cccs3)n2)c(C)c1. The number of nitrogens with zero attached hydrogens (tertiary/aromatic N) is 2. The summed E-state index contributed by atoms with van der Waals surface area (Å²) in [6.07, 6.45) is 1.52. The second kappa shape index (κ2) is 8.91. The molecule has 2 aromatic heterocycles. The number of hydrogen-bond acceptors (Lipinski definition) is 5. The van der Waals surface area contributed by atoms with Crippen molar-refractivity contribution in [2.75, 3.05) is 18.9 Å². The van der Waals surface area contributed by atoms with E-state index in [9.17, 15) is 9.59 Å². The smallest absolute Gasteiger partial charge is 0.317 e. The number of amides is 3. The van der Waals surface area contributed by atoms with Crippen LogP contribution in [-0.2, 0) is 11.3 Å². The normalized spacial score (nSPS) is 10.6. The van der Waals surface area contributed by atoms with E-state index in [1.165, 1.54) is 22.5 Å². The third-order valence-electron chi connectivity index (χ3n) is 4.37. The number of nitrogens with one attached hydrogen (secondary N) is 2. The molecule has 8 heteroatoms. The van der Waals surface area contributed by atoms with Gasteiger partial charge in [0.15, 0.2) is 0 Å². The fraction of sp³-hybridized carbons (Fsp3) is 0.286. The van der Waals surface area contributed by atoms with Gasteiger partial charge in [-0.15, -0.1) is 11.3 Å². The maximum Gasteiger partial charge on any atom is 0.317 e. The molecule has 1 aromatic carbocycles. The Hall–Kier alpha value is -3.13. The molecule has 0 saturated carbocycles. The first-order chi connectivity index (χ1) is 13.8. The molecule has 2 N–H and O–H groups in total. The second-order valence-corrected chi connectivity index (χ2v) is 7.91. The number of anilines is 1. The summed E-state index contributed by atoms with van der Waals surface area (Å²) in [6.45, 7) is 6.08. The lowest BCUT2D eigenvalue weighted by molar-refractivity contribution is -0.116. The molecule has 152 valence electrons. The number of likely N-dealkylation sites (N-methyl/N-ethyl adjacent to an activating group) is 1. The van der Waals surface area contributed by atoms with Crippen LogP contribution in [-0.4, -0.2) is 35.4 Å². The minimum Gasteiger partial charge on any atom is -0.443 e. The van der Waals surface area contributed by atoms with Crippen molar-refractivity contribution in [3.8, 4) is 10.8 Å². The van der Waals surface area contributed by atoms with E-state index >= 15 is 0 Å². The molecule has 29 heavy (non-hydrogen) atoms. The quantitative estimate of drug-likeness (QED) is 0.638. The molecule has 3 amide bonds. The Kier molecular flexibility index (Phi) is 6.33. The summed E-state index contributed by atoms with van der Waals surface area (Å²) >= 11 is 1.53. The number of thiophene rings is 1. The Labute approximate surface area is 173 Å². The molecule has 0 aliphatic heterocycles. The molecule has 0 unspecified atom stereocenters. The van der Waals surface area contributed by atoms with E-state index in [0.717, 1.165) is 27.3 Å². The van der Waals surface area contributed by atoms with Gasteiger partial charge in [-0.25, -0.2) is 9.78 Å². The molecule has 0 aliphatic carbocycles. The largest absolute Gasteiger partial charge is 0.443 e. The van der Waals surface area contributed by atoms with Crippen LogP contribution in [0.25, 0.3) is 10.8 Å². The van der Waals surface area contributed by atoms with Gasteiger partial charge in [0.1, 0.15) is 12.8 Å². The van der Waals surface area contributed by atoms with Gasteiger partial charge in [0, 0.05) is 12.7 Å². The van der Waals surface area contributed by atoms with Crippen LogP contribution >= 0.6 is 11.3 Å². The second-order valence-electron chi connectivity index (χ2n) is 6.96. The van der Waals surface area contributed by atoms with Gasteiger partial charge in [-0.2, -0.15) is 0 Å². The molecular formula is C21H24N4O3S. The lowest BCUT2D eigenvalue weighted by Gasteiger charge is -2.18. The molecule has 0 atom stereocenters. The number of benzene rings is 1. The van der Waals surface area contributed by atoms with E-state index in [1.807, 2.05) is 50.4 Å². The fourth-order valence-corrected chi connectivity index (χ4v) is 3.70. The third kappa shape index (κ3) is 5.23. The van der Waals surface area contributed by atoms with Crippen LogP contribution in [0.2, 0.25) is 0 Å². The van der Waals surface area contributed by atoms with Gasteiger partial charge in [0.2, 0.25) is 11.8 Å². The number of hydrogen-bond donors (Lipinski definition) is 2. The predicted octanol–water partition coefficient (Wildman–Crippen LogP) is 4.11. The highest BCUT2D eigenvalue weighted by Gasteiger charge is 2.15. The molecule has 7 nitrogen and oxygen atoms in total. The van der Waals surface area contributed by atoms with E-state index in [4.69, 9.17) is 4.42 Å². The van der Waals surface area contributed by atoms with Crippen LogP contribution in [0, 0.1) is 20.8 Å². The number of carbonyl (C=O) groups excluding carboxylic acids is 2. The van der Waals surface area contributed by atoms with Crippen LogP contribution in [0.15, 0.2) is 40.3 Å². The van der Waals surface area contributed by atoms with Gasteiger partial charge in [-0.3, -0.25) is 4.79 Å². The van der Waals surface area contributed by atoms with Crippen molar-refractivity contribution < 1.29 is 14.0 Å². The zero-order valence-corrected chi connectivity index (χ0v) is 17.7. The van der Waals surface area contributed by atoms with Crippen molar-refractivity contribution >= 4 is 29.0 Å². The number of carbonyl (C=O) groups is 2. The lowest BCUT2D eigenvalue weighted by atomic mass is 10.1. The summed E-state index contributed by atoms with van der Waals surface area (Å²) in [5, 5.41) is 7.59. The molecule has 0 bridgehead atoms. The molecule has 0 fully saturated rings. The summed E-state index contributed by atoms with van der Waals surface area (Å²) in [5.41, 5.74) is 4.54. The van der Waals surface area contributed by atoms with Crippen molar-refractivity contribution in [1.29, 1.82) is 0 Å². The van der Waals surface area contributed by atoms with Crippen molar-refractivity contribution in [1.82, 2.24) is 15.2 Å². The first kappa shape index (κ1) is 20.6. The monoisotopic (exact) mass is 412 g/mol. The summed E-state index contributed by atoms with van der Waals surface area (Å²) in [6, 6.07) is 7.51. The zero-order chi connectivity index (χ0) is 21.0. The van der Waals surface area contributed by atoms with Crippen molar-refractivity contribution in [2.45, 2.75) is 27.3 Å². The first-order valence-corrected chi connectivity index (χ1v) is 10.1. The van der Waals surface area contributed by atoms with Gasteiger partial charge < -0.3 is 20.0 Å². The predicted molar refractivity (Wildman–Crippen MR) is 114 cm³/mol. The van der Waals surface area contributed by atoms with E-state index in [1.54, 1.807) is 7.05 Å². The van der Waals surface area contributed by atoms with Crippen LogP contribution < -0.4 is 10.6 Å². The summed E-state index contributed by atoms with van der Waals surface area (Å²) < 4.78 is 5.43. The van der Waals surface area contributed by atoms with Gasteiger partial charge in [0.25, 0.3) is 0 Å². The van der Waals surface area contributed by atoms with Crippen molar-refractivity contribution in [3.63, 3.8) is 0 Å². The molecule has 0 saturated heterocycles. The maximum atomic E-state index is 12.4. The van der Waals surface area contributed by atoms with Crippen LogP contribution in [0.1, 0.15) is 22.4 Å². The van der Waals surface area contributed by atoms with E-state index in [0.29, 0.717) is 11.6 Å². The number of aryl methyl sites for hydroxylation is 3. The minimum absolute atomic E-state index is 0.0577.